The minimum atomic E-state index is 0.238. The molecular formula is C17H25N5O. The van der Waals surface area contributed by atoms with Crippen LogP contribution in [0.3, 0.4) is 0 Å². The van der Waals surface area contributed by atoms with E-state index in [-0.39, 0.29) is 5.91 Å². The molecule has 0 N–H and O–H groups in total. The Kier molecular flexibility index (Phi) is 4.50. The van der Waals surface area contributed by atoms with Gasteiger partial charge in [0.15, 0.2) is 0 Å². The number of carbonyl (C=O) groups excluding carboxylic acids is 1. The van der Waals surface area contributed by atoms with Gasteiger partial charge in [-0.15, -0.1) is 0 Å². The van der Waals surface area contributed by atoms with Crippen molar-refractivity contribution in [2.24, 2.45) is 14.1 Å². The molecule has 0 unspecified atom stereocenters. The summed E-state index contributed by atoms with van der Waals surface area (Å²) < 4.78 is 3.94. The molecule has 1 aliphatic heterocycles. The van der Waals surface area contributed by atoms with E-state index in [1.807, 2.05) is 36.7 Å². The minimum Gasteiger partial charge on any atom is -0.342 e. The van der Waals surface area contributed by atoms with E-state index in [2.05, 4.69) is 20.8 Å². The molecule has 0 aromatic carbocycles. The second-order valence-corrected chi connectivity index (χ2v) is 6.48. The molecule has 2 aromatic heterocycles. The van der Waals surface area contributed by atoms with Crippen LogP contribution in [-0.4, -0.2) is 43.2 Å². The van der Waals surface area contributed by atoms with Crippen LogP contribution in [0.15, 0.2) is 18.5 Å². The molecule has 0 bridgehead atoms. The minimum absolute atomic E-state index is 0.238. The van der Waals surface area contributed by atoms with Crippen molar-refractivity contribution in [3.05, 3.63) is 35.7 Å². The van der Waals surface area contributed by atoms with Crippen LogP contribution in [0.25, 0.3) is 0 Å². The van der Waals surface area contributed by atoms with Crippen molar-refractivity contribution in [2.45, 2.75) is 38.5 Å². The molecule has 1 amide bonds. The average molecular weight is 315 g/mol. The third-order valence-corrected chi connectivity index (χ3v) is 4.69. The number of carbonyl (C=O) groups is 1. The first-order valence-electron chi connectivity index (χ1n) is 8.29. The highest BCUT2D eigenvalue weighted by Crippen LogP contribution is 2.26. The molecule has 1 atom stereocenters. The van der Waals surface area contributed by atoms with E-state index in [9.17, 15) is 4.79 Å². The van der Waals surface area contributed by atoms with Crippen LogP contribution in [-0.2, 0) is 25.3 Å². The molecule has 124 valence electrons. The van der Waals surface area contributed by atoms with E-state index in [0.717, 1.165) is 49.6 Å². The van der Waals surface area contributed by atoms with E-state index in [0.29, 0.717) is 12.3 Å². The molecule has 0 spiro atoms. The van der Waals surface area contributed by atoms with Crippen LogP contribution in [0.1, 0.15) is 42.4 Å². The van der Waals surface area contributed by atoms with Crippen molar-refractivity contribution in [1.82, 2.24) is 24.2 Å². The highest BCUT2D eigenvalue weighted by atomic mass is 16.2. The summed E-state index contributed by atoms with van der Waals surface area (Å²) in [5.74, 6) is 1.69. The first-order chi connectivity index (χ1) is 11.0. The number of imidazole rings is 1. The summed E-state index contributed by atoms with van der Waals surface area (Å²) in [7, 11) is 3.96. The zero-order chi connectivity index (χ0) is 16.4. The number of amides is 1. The Hall–Kier alpha value is -2.11. The van der Waals surface area contributed by atoms with Crippen molar-refractivity contribution in [1.29, 1.82) is 0 Å². The van der Waals surface area contributed by atoms with Crippen molar-refractivity contribution >= 4 is 5.91 Å². The second-order valence-electron chi connectivity index (χ2n) is 6.48. The molecule has 6 heteroatoms. The first-order valence-corrected chi connectivity index (χ1v) is 8.29. The summed E-state index contributed by atoms with van der Waals surface area (Å²) >= 11 is 0. The Labute approximate surface area is 137 Å². The van der Waals surface area contributed by atoms with Gasteiger partial charge in [-0.05, 0) is 32.3 Å². The number of aromatic nitrogens is 4. The molecule has 1 fully saturated rings. The number of hydrogen-bond acceptors (Lipinski definition) is 3. The lowest BCUT2D eigenvalue weighted by Crippen LogP contribution is -2.39. The SMILES string of the molecule is Cc1cn(C)c([C@H]2CCCN(C(=O)CCc3ccnn3C)C2)n1. The molecule has 3 rings (SSSR count). The quantitative estimate of drug-likeness (QED) is 0.864. The monoisotopic (exact) mass is 315 g/mol. The zero-order valence-corrected chi connectivity index (χ0v) is 14.2. The molecule has 0 radical (unpaired) electrons. The van der Waals surface area contributed by atoms with Gasteiger partial charge in [-0.2, -0.15) is 5.10 Å². The molecule has 3 heterocycles. The van der Waals surface area contributed by atoms with Gasteiger partial charge >= 0.3 is 0 Å². The third kappa shape index (κ3) is 3.46. The lowest BCUT2D eigenvalue weighted by Gasteiger charge is -2.32. The van der Waals surface area contributed by atoms with Crippen LogP contribution in [0.4, 0.5) is 0 Å². The molecule has 1 saturated heterocycles. The van der Waals surface area contributed by atoms with Crippen LogP contribution in [0.2, 0.25) is 0 Å². The summed E-state index contributed by atoms with van der Waals surface area (Å²) in [6.07, 6.45) is 7.28. The van der Waals surface area contributed by atoms with Gasteiger partial charge in [0, 0.05) is 57.6 Å². The van der Waals surface area contributed by atoms with Crippen molar-refractivity contribution < 1.29 is 4.79 Å². The highest BCUT2D eigenvalue weighted by Gasteiger charge is 2.27. The normalized spacial score (nSPS) is 18.4. The number of likely N-dealkylation sites (tertiary alicyclic amines) is 1. The van der Waals surface area contributed by atoms with Gasteiger partial charge < -0.3 is 9.47 Å². The van der Waals surface area contributed by atoms with Crippen molar-refractivity contribution in [3.8, 4) is 0 Å². The van der Waals surface area contributed by atoms with Gasteiger partial charge in [0.1, 0.15) is 5.82 Å². The van der Waals surface area contributed by atoms with Gasteiger partial charge in [-0.1, -0.05) is 0 Å². The zero-order valence-electron chi connectivity index (χ0n) is 14.2. The fourth-order valence-electron chi connectivity index (χ4n) is 3.47. The van der Waals surface area contributed by atoms with Crippen molar-refractivity contribution in [2.75, 3.05) is 13.1 Å². The maximum Gasteiger partial charge on any atom is 0.222 e. The Bertz CT molecular complexity index is 687. The molecule has 23 heavy (non-hydrogen) atoms. The number of rotatable bonds is 4. The van der Waals surface area contributed by atoms with Crippen LogP contribution in [0, 0.1) is 6.92 Å². The van der Waals surface area contributed by atoms with E-state index in [1.165, 1.54) is 0 Å². The predicted octanol–water partition coefficient (Wildman–Crippen LogP) is 1.80. The number of nitrogens with zero attached hydrogens (tertiary/aromatic N) is 5. The smallest absolute Gasteiger partial charge is 0.222 e. The molecule has 0 aliphatic carbocycles. The maximum atomic E-state index is 12.5. The van der Waals surface area contributed by atoms with E-state index in [4.69, 9.17) is 0 Å². The number of aryl methyl sites for hydroxylation is 4. The predicted molar refractivity (Wildman–Crippen MR) is 88.0 cm³/mol. The summed E-state index contributed by atoms with van der Waals surface area (Å²) in [6.45, 7) is 3.67. The lowest BCUT2D eigenvalue weighted by molar-refractivity contribution is -0.132. The topological polar surface area (TPSA) is 56.0 Å². The first kappa shape index (κ1) is 15.8. The summed E-state index contributed by atoms with van der Waals surface area (Å²) in [6, 6.07) is 1.98. The molecule has 6 nitrogen and oxygen atoms in total. The summed E-state index contributed by atoms with van der Waals surface area (Å²) in [5, 5.41) is 4.15. The molecule has 2 aromatic rings. The average Bonchev–Trinajstić information content (AvgIpc) is 3.10. The van der Waals surface area contributed by atoms with Gasteiger partial charge in [-0.25, -0.2) is 4.98 Å². The summed E-state index contributed by atoms with van der Waals surface area (Å²) in [5.41, 5.74) is 2.15. The largest absolute Gasteiger partial charge is 0.342 e. The van der Waals surface area contributed by atoms with Crippen LogP contribution >= 0.6 is 0 Å². The molecule has 1 aliphatic rings. The Morgan fingerprint density at radius 1 is 1.39 bits per heavy atom. The number of piperidine rings is 1. The maximum absolute atomic E-state index is 12.5. The standard InChI is InChI=1S/C17H25N5O/c1-13-11-20(2)17(19-13)14-5-4-10-22(12-14)16(23)7-6-15-8-9-18-21(15)3/h8-9,11,14H,4-7,10,12H2,1-3H3/t14-/m0/s1. The Balaban J connectivity index is 1.60. The molecular weight excluding hydrogens is 290 g/mol. The number of hydrogen-bond donors (Lipinski definition) is 0. The van der Waals surface area contributed by atoms with Gasteiger partial charge in [0.2, 0.25) is 5.91 Å². The molecule has 0 saturated carbocycles. The fourth-order valence-corrected chi connectivity index (χ4v) is 3.47. The van der Waals surface area contributed by atoms with Gasteiger partial charge in [-0.3, -0.25) is 9.48 Å². The van der Waals surface area contributed by atoms with Crippen LogP contribution in [0.5, 0.6) is 0 Å². The van der Waals surface area contributed by atoms with E-state index >= 15 is 0 Å². The fraction of sp³-hybridized carbons (Fsp3) is 0.588. The highest BCUT2D eigenvalue weighted by molar-refractivity contribution is 5.76. The second kappa shape index (κ2) is 6.56. The van der Waals surface area contributed by atoms with Gasteiger partial charge in [0.05, 0.1) is 5.69 Å². The Morgan fingerprint density at radius 2 is 2.22 bits per heavy atom. The van der Waals surface area contributed by atoms with Crippen LogP contribution < -0.4 is 0 Å². The third-order valence-electron chi connectivity index (χ3n) is 4.69. The van der Waals surface area contributed by atoms with E-state index < -0.39 is 0 Å². The van der Waals surface area contributed by atoms with Gasteiger partial charge in [0.25, 0.3) is 0 Å². The summed E-state index contributed by atoms with van der Waals surface area (Å²) in [4.78, 5) is 19.2. The van der Waals surface area contributed by atoms with E-state index in [1.54, 1.807) is 6.20 Å². The van der Waals surface area contributed by atoms with Crippen molar-refractivity contribution in [3.63, 3.8) is 0 Å². The lowest BCUT2D eigenvalue weighted by atomic mass is 9.96. The Morgan fingerprint density at radius 3 is 2.87 bits per heavy atom.